The van der Waals surface area contributed by atoms with Crippen LogP contribution in [-0.2, 0) is 0 Å². The van der Waals surface area contributed by atoms with Crippen molar-refractivity contribution in [2.45, 2.75) is 47.6 Å². The van der Waals surface area contributed by atoms with E-state index in [2.05, 4.69) is 51.8 Å². The van der Waals surface area contributed by atoms with Crippen LogP contribution in [0.2, 0.25) is 0 Å². The molecule has 0 aliphatic rings. The molecule has 0 aromatic heterocycles. The Morgan fingerprint density at radius 2 is 1.60 bits per heavy atom. The third-order valence-electron chi connectivity index (χ3n) is 2.51. The van der Waals surface area contributed by atoms with Crippen molar-refractivity contribution in [3.63, 3.8) is 0 Å². The number of rotatable bonds is 8. The molecule has 0 spiro atoms. The monoisotopic (exact) mass is 214 g/mol. The van der Waals surface area contributed by atoms with Crippen LogP contribution in [0.1, 0.15) is 41.5 Å². The van der Waals surface area contributed by atoms with Crippen molar-refractivity contribution in [2.24, 2.45) is 11.8 Å². The molecule has 0 aromatic carbocycles. The second-order valence-electron chi connectivity index (χ2n) is 5.41. The minimum absolute atomic E-state index is 0.604. The van der Waals surface area contributed by atoms with Crippen LogP contribution in [0.25, 0.3) is 0 Å². The van der Waals surface area contributed by atoms with Crippen molar-refractivity contribution in [3.05, 3.63) is 0 Å². The van der Waals surface area contributed by atoms with E-state index < -0.39 is 0 Å². The summed E-state index contributed by atoms with van der Waals surface area (Å²) in [7, 11) is 0. The highest BCUT2D eigenvalue weighted by Gasteiger charge is 2.10. The molecule has 0 rings (SSSR count). The Bertz CT molecular complexity index is 143. The number of hydrogen-bond donors (Lipinski definition) is 1. The summed E-state index contributed by atoms with van der Waals surface area (Å²) in [6.07, 6.45) is 0. The van der Waals surface area contributed by atoms with Gasteiger partial charge in [-0.15, -0.1) is 0 Å². The largest absolute Gasteiger partial charge is 0.314 e. The standard InChI is InChI=1S/C13H30N2/c1-7-15(9-11(2)3)10-13(6)8-14-12(4)5/h11-14H,7-10H2,1-6H3. The summed E-state index contributed by atoms with van der Waals surface area (Å²) in [6, 6.07) is 0.604. The maximum atomic E-state index is 3.50. The van der Waals surface area contributed by atoms with Gasteiger partial charge in [0.2, 0.25) is 0 Å². The Labute approximate surface area is 96.4 Å². The molecule has 2 heteroatoms. The molecule has 0 radical (unpaired) electrons. The van der Waals surface area contributed by atoms with Crippen molar-refractivity contribution in [1.29, 1.82) is 0 Å². The molecule has 15 heavy (non-hydrogen) atoms. The van der Waals surface area contributed by atoms with Crippen LogP contribution in [0, 0.1) is 11.8 Å². The van der Waals surface area contributed by atoms with Crippen LogP contribution in [-0.4, -0.2) is 37.1 Å². The van der Waals surface area contributed by atoms with Gasteiger partial charge in [-0.1, -0.05) is 41.5 Å². The van der Waals surface area contributed by atoms with E-state index in [4.69, 9.17) is 0 Å². The topological polar surface area (TPSA) is 15.3 Å². The highest BCUT2D eigenvalue weighted by molar-refractivity contribution is 4.66. The van der Waals surface area contributed by atoms with Gasteiger partial charge in [-0.3, -0.25) is 0 Å². The van der Waals surface area contributed by atoms with Gasteiger partial charge in [-0.05, 0) is 24.9 Å². The lowest BCUT2D eigenvalue weighted by Crippen LogP contribution is -2.37. The van der Waals surface area contributed by atoms with Gasteiger partial charge in [0.05, 0.1) is 0 Å². The normalized spacial score (nSPS) is 14.2. The van der Waals surface area contributed by atoms with Gasteiger partial charge in [0.15, 0.2) is 0 Å². The molecule has 0 saturated heterocycles. The quantitative estimate of drug-likeness (QED) is 0.668. The Morgan fingerprint density at radius 1 is 1.00 bits per heavy atom. The average molecular weight is 214 g/mol. The molecule has 0 aromatic rings. The van der Waals surface area contributed by atoms with Crippen LogP contribution in [0.15, 0.2) is 0 Å². The molecular weight excluding hydrogens is 184 g/mol. The van der Waals surface area contributed by atoms with Gasteiger partial charge in [-0.25, -0.2) is 0 Å². The molecular formula is C13H30N2. The van der Waals surface area contributed by atoms with E-state index in [1.165, 1.54) is 19.6 Å². The summed E-state index contributed by atoms with van der Waals surface area (Å²) >= 11 is 0. The highest BCUT2D eigenvalue weighted by Crippen LogP contribution is 2.03. The van der Waals surface area contributed by atoms with Gasteiger partial charge in [0.25, 0.3) is 0 Å². The van der Waals surface area contributed by atoms with Gasteiger partial charge in [0.1, 0.15) is 0 Å². The third-order valence-corrected chi connectivity index (χ3v) is 2.51. The lowest BCUT2D eigenvalue weighted by atomic mass is 10.1. The first-order chi connectivity index (χ1) is 6.95. The second-order valence-corrected chi connectivity index (χ2v) is 5.41. The molecule has 0 amide bonds. The van der Waals surface area contributed by atoms with E-state index in [0.717, 1.165) is 18.4 Å². The van der Waals surface area contributed by atoms with Gasteiger partial charge >= 0.3 is 0 Å². The Balaban J connectivity index is 3.74. The van der Waals surface area contributed by atoms with Crippen molar-refractivity contribution in [1.82, 2.24) is 10.2 Å². The minimum Gasteiger partial charge on any atom is -0.314 e. The molecule has 2 nitrogen and oxygen atoms in total. The van der Waals surface area contributed by atoms with Gasteiger partial charge < -0.3 is 10.2 Å². The second kappa shape index (κ2) is 8.12. The van der Waals surface area contributed by atoms with Crippen LogP contribution in [0.5, 0.6) is 0 Å². The molecule has 0 fully saturated rings. The van der Waals surface area contributed by atoms with Crippen LogP contribution >= 0.6 is 0 Å². The minimum atomic E-state index is 0.604. The Morgan fingerprint density at radius 3 is 2.00 bits per heavy atom. The number of hydrogen-bond acceptors (Lipinski definition) is 2. The molecule has 1 N–H and O–H groups in total. The summed E-state index contributed by atoms with van der Waals surface area (Å²) in [5.41, 5.74) is 0. The predicted octanol–water partition coefficient (Wildman–Crippen LogP) is 2.60. The Hall–Kier alpha value is -0.0800. The third kappa shape index (κ3) is 8.88. The molecule has 0 heterocycles. The summed E-state index contributed by atoms with van der Waals surface area (Å²) < 4.78 is 0. The number of nitrogens with one attached hydrogen (secondary N) is 1. The van der Waals surface area contributed by atoms with E-state index >= 15 is 0 Å². The fourth-order valence-corrected chi connectivity index (χ4v) is 1.79. The first-order valence-electron chi connectivity index (χ1n) is 6.41. The predicted molar refractivity (Wildman–Crippen MR) is 69.3 cm³/mol. The van der Waals surface area contributed by atoms with Crippen molar-refractivity contribution in [3.8, 4) is 0 Å². The zero-order valence-electron chi connectivity index (χ0n) is 11.5. The zero-order valence-corrected chi connectivity index (χ0v) is 11.5. The van der Waals surface area contributed by atoms with Gasteiger partial charge in [-0.2, -0.15) is 0 Å². The van der Waals surface area contributed by atoms with E-state index in [0.29, 0.717) is 6.04 Å². The van der Waals surface area contributed by atoms with E-state index in [9.17, 15) is 0 Å². The van der Waals surface area contributed by atoms with Crippen molar-refractivity contribution < 1.29 is 0 Å². The van der Waals surface area contributed by atoms with Crippen LogP contribution in [0.3, 0.4) is 0 Å². The van der Waals surface area contributed by atoms with E-state index in [-0.39, 0.29) is 0 Å². The van der Waals surface area contributed by atoms with E-state index in [1.54, 1.807) is 0 Å². The zero-order chi connectivity index (χ0) is 11.8. The fraction of sp³-hybridized carbons (Fsp3) is 1.00. The number of nitrogens with zero attached hydrogens (tertiary/aromatic N) is 1. The highest BCUT2D eigenvalue weighted by atomic mass is 15.1. The molecule has 1 unspecified atom stereocenters. The van der Waals surface area contributed by atoms with Crippen molar-refractivity contribution >= 4 is 0 Å². The lowest BCUT2D eigenvalue weighted by Gasteiger charge is -2.26. The SMILES string of the molecule is CCN(CC(C)C)CC(C)CNC(C)C. The lowest BCUT2D eigenvalue weighted by molar-refractivity contribution is 0.220. The molecule has 0 aliphatic heterocycles. The van der Waals surface area contributed by atoms with Crippen LogP contribution < -0.4 is 5.32 Å². The first-order valence-corrected chi connectivity index (χ1v) is 6.41. The molecule has 0 bridgehead atoms. The first kappa shape index (κ1) is 14.9. The van der Waals surface area contributed by atoms with Crippen LogP contribution in [0.4, 0.5) is 0 Å². The fourth-order valence-electron chi connectivity index (χ4n) is 1.79. The maximum Gasteiger partial charge on any atom is 0.00191 e. The molecule has 92 valence electrons. The summed E-state index contributed by atoms with van der Waals surface area (Å²) in [4.78, 5) is 2.55. The Kier molecular flexibility index (Phi) is 8.07. The summed E-state index contributed by atoms with van der Waals surface area (Å²) in [5.74, 6) is 1.52. The molecule has 0 saturated carbocycles. The maximum absolute atomic E-state index is 3.50. The summed E-state index contributed by atoms with van der Waals surface area (Å²) in [5, 5.41) is 3.50. The summed E-state index contributed by atoms with van der Waals surface area (Å²) in [6.45, 7) is 18.3. The van der Waals surface area contributed by atoms with Crippen molar-refractivity contribution in [2.75, 3.05) is 26.2 Å². The smallest absolute Gasteiger partial charge is 0.00191 e. The van der Waals surface area contributed by atoms with E-state index in [1.807, 2.05) is 0 Å². The van der Waals surface area contributed by atoms with Gasteiger partial charge in [0, 0.05) is 19.1 Å². The average Bonchev–Trinajstić information content (AvgIpc) is 2.13. The molecule has 1 atom stereocenters. The molecule has 0 aliphatic carbocycles.